The van der Waals surface area contributed by atoms with Crippen molar-refractivity contribution in [3.8, 4) is 6.07 Å². The van der Waals surface area contributed by atoms with Crippen molar-refractivity contribution in [1.29, 1.82) is 5.26 Å². The van der Waals surface area contributed by atoms with E-state index in [1.807, 2.05) is 38.1 Å². The third kappa shape index (κ3) is 5.96. The number of nitriles is 1. The lowest BCUT2D eigenvalue weighted by molar-refractivity contribution is 0.361. The van der Waals surface area contributed by atoms with Crippen molar-refractivity contribution in [3.63, 3.8) is 0 Å². The number of hydrogen-bond donors (Lipinski definition) is 1. The van der Waals surface area contributed by atoms with E-state index >= 15 is 0 Å². The van der Waals surface area contributed by atoms with Gasteiger partial charge in [0, 0.05) is 35.3 Å². The van der Waals surface area contributed by atoms with Crippen molar-refractivity contribution in [2.75, 3.05) is 23.8 Å². The summed E-state index contributed by atoms with van der Waals surface area (Å²) in [6, 6.07) is 9.22. The molecule has 0 aliphatic heterocycles. The van der Waals surface area contributed by atoms with Gasteiger partial charge < -0.3 is 5.73 Å². The summed E-state index contributed by atoms with van der Waals surface area (Å²) in [6.07, 6.45) is 0.208. The Morgan fingerprint density at radius 1 is 1.43 bits per heavy atom. The van der Waals surface area contributed by atoms with Crippen LogP contribution >= 0.6 is 11.8 Å². The van der Waals surface area contributed by atoms with Gasteiger partial charge in [0.25, 0.3) is 0 Å². The Morgan fingerprint density at radius 3 is 2.71 bits per heavy atom. The summed E-state index contributed by atoms with van der Waals surface area (Å²) in [5.74, 6) is 0.512. The minimum Gasteiger partial charge on any atom is -0.399 e. The molecule has 0 saturated heterocycles. The molecular weight excluding hydrogens is 306 g/mol. The van der Waals surface area contributed by atoms with Crippen LogP contribution in [0.2, 0.25) is 0 Å². The van der Waals surface area contributed by atoms with Crippen molar-refractivity contribution in [2.45, 2.75) is 31.2 Å². The highest BCUT2D eigenvalue weighted by Crippen LogP contribution is 2.21. The van der Waals surface area contributed by atoms with Crippen molar-refractivity contribution in [3.05, 3.63) is 24.3 Å². The summed E-state index contributed by atoms with van der Waals surface area (Å²) in [6.45, 7) is 3.89. The number of thioether (sulfide) groups is 1. The van der Waals surface area contributed by atoms with Gasteiger partial charge in [-0.25, -0.2) is 8.42 Å². The van der Waals surface area contributed by atoms with Gasteiger partial charge in [-0.2, -0.15) is 9.57 Å². The molecule has 7 heteroatoms. The van der Waals surface area contributed by atoms with Crippen LogP contribution in [0.25, 0.3) is 0 Å². The molecule has 1 aromatic rings. The Balaban J connectivity index is 2.60. The number of nitrogens with two attached hydrogens (primary N) is 1. The van der Waals surface area contributed by atoms with E-state index in [-0.39, 0.29) is 24.8 Å². The molecule has 0 spiro atoms. The zero-order valence-corrected chi connectivity index (χ0v) is 14.0. The summed E-state index contributed by atoms with van der Waals surface area (Å²) >= 11 is 1.46. The maximum Gasteiger partial charge on any atom is 0.215 e. The van der Waals surface area contributed by atoms with Gasteiger partial charge in [0.1, 0.15) is 0 Å². The van der Waals surface area contributed by atoms with Crippen LogP contribution in [0, 0.1) is 11.3 Å². The van der Waals surface area contributed by atoms with E-state index in [9.17, 15) is 8.42 Å². The Bertz CT molecular complexity index is 594. The lowest BCUT2D eigenvalue weighted by atomic mass is 10.3. The largest absolute Gasteiger partial charge is 0.399 e. The lowest BCUT2D eigenvalue weighted by Gasteiger charge is -2.24. The first-order chi connectivity index (χ1) is 9.86. The zero-order chi connectivity index (χ0) is 15.9. The van der Waals surface area contributed by atoms with Crippen LogP contribution in [-0.4, -0.2) is 36.8 Å². The number of sulfonamides is 1. The molecule has 0 bridgehead atoms. The van der Waals surface area contributed by atoms with Gasteiger partial charge in [-0.15, -0.1) is 11.8 Å². The molecule has 0 aliphatic rings. The molecule has 0 aromatic heterocycles. The summed E-state index contributed by atoms with van der Waals surface area (Å²) in [7, 11) is -3.34. The molecule has 0 aliphatic carbocycles. The quantitative estimate of drug-likeness (QED) is 0.585. The SMILES string of the molecule is CC(C)N(CCC#N)S(=O)(=O)CCSc1cccc(N)c1. The molecule has 1 rings (SSSR count). The van der Waals surface area contributed by atoms with Crippen LogP contribution in [0.3, 0.4) is 0 Å². The summed E-state index contributed by atoms with van der Waals surface area (Å²) < 4.78 is 26.0. The van der Waals surface area contributed by atoms with Gasteiger partial charge >= 0.3 is 0 Å². The first-order valence-corrected chi connectivity index (χ1v) is 9.31. The molecule has 0 amide bonds. The predicted octanol–water partition coefficient (Wildman–Crippen LogP) is 2.31. The van der Waals surface area contributed by atoms with Crippen LogP contribution in [0.5, 0.6) is 0 Å². The minimum atomic E-state index is -3.34. The van der Waals surface area contributed by atoms with Crippen molar-refractivity contribution in [1.82, 2.24) is 4.31 Å². The van der Waals surface area contributed by atoms with Crippen LogP contribution in [0.15, 0.2) is 29.2 Å². The van der Waals surface area contributed by atoms with Gasteiger partial charge in [0.15, 0.2) is 0 Å². The molecule has 1 aromatic carbocycles. The number of anilines is 1. The Labute approximate surface area is 131 Å². The number of hydrogen-bond acceptors (Lipinski definition) is 5. The Hall–Kier alpha value is -1.23. The average molecular weight is 327 g/mol. The molecule has 0 saturated carbocycles. The second-order valence-electron chi connectivity index (χ2n) is 4.85. The predicted molar refractivity (Wildman–Crippen MR) is 87.4 cm³/mol. The molecule has 21 heavy (non-hydrogen) atoms. The van der Waals surface area contributed by atoms with E-state index in [2.05, 4.69) is 0 Å². The van der Waals surface area contributed by atoms with Crippen LogP contribution in [0.1, 0.15) is 20.3 Å². The first kappa shape index (κ1) is 17.8. The third-order valence-corrected chi connectivity index (χ3v) is 6.14. The highest BCUT2D eigenvalue weighted by atomic mass is 32.2. The number of benzene rings is 1. The molecule has 5 nitrogen and oxygen atoms in total. The van der Waals surface area contributed by atoms with E-state index in [4.69, 9.17) is 11.0 Å². The monoisotopic (exact) mass is 327 g/mol. The van der Waals surface area contributed by atoms with Gasteiger partial charge in [0.2, 0.25) is 10.0 Å². The second kappa shape index (κ2) is 8.27. The van der Waals surface area contributed by atoms with Crippen LogP contribution in [-0.2, 0) is 10.0 Å². The van der Waals surface area contributed by atoms with E-state index < -0.39 is 10.0 Å². The zero-order valence-electron chi connectivity index (χ0n) is 12.3. The number of nitrogen functional groups attached to an aromatic ring is 1. The van der Waals surface area contributed by atoms with Crippen LogP contribution in [0.4, 0.5) is 5.69 Å². The van der Waals surface area contributed by atoms with Crippen molar-refractivity contribution in [2.24, 2.45) is 0 Å². The molecule has 0 unspecified atom stereocenters. The number of rotatable bonds is 8. The maximum atomic E-state index is 12.3. The summed E-state index contributed by atoms with van der Waals surface area (Å²) in [5.41, 5.74) is 6.36. The van der Waals surface area contributed by atoms with E-state index in [0.29, 0.717) is 11.4 Å². The molecule has 116 valence electrons. The normalized spacial score (nSPS) is 11.8. The van der Waals surface area contributed by atoms with E-state index in [0.717, 1.165) is 4.90 Å². The molecule has 0 heterocycles. The van der Waals surface area contributed by atoms with E-state index in [1.165, 1.54) is 16.1 Å². The van der Waals surface area contributed by atoms with Gasteiger partial charge in [-0.1, -0.05) is 6.07 Å². The second-order valence-corrected chi connectivity index (χ2v) is 8.06. The molecule has 2 N–H and O–H groups in total. The smallest absolute Gasteiger partial charge is 0.215 e. The standard InChI is InChI=1S/C14H21N3O2S2/c1-12(2)17(8-4-7-15)21(18,19)10-9-20-14-6-3-5-13(16)11-14/h3,5-6,11-12H,4,8-10,16H2,1-2H3. The number of nitrogens with zero attached hydrogens (tertiary/aromatic N) is 2. The van der Waals surface area contributed by atoms with Crippen LogP contribution < -0.4 is 5.73 Å². The molecule has 0 fully saturated rings. The molecule has 0 radical (unpaired) electrons. The Kier molecular flexibility index (Phi) is 7.02. The lowest BCUT2D eigenvalue weighted by Crippen LogP contribution is -2.39. The summed E-state index contributed by atoms with van der Waals surface area (Å²) in [5, 5.41) is 8.63. The van der Waals surface area contributed by atoms with Crippen molar-refractivity contribution >= 4 is 27.5 Å². The topological polar surface area (TPSA) is 87.2 Å². The fourth-order valence-corrected chi connectivity index (χ4v) is 4.92. The fourth-order valence-electron chi connectivity index (χ4n) is 1.87. The minimum absolute atomic E-state index is 0.0517. The Morgan fingerprint density at radius 2 is 2.14 bits per heavy atom. The van der Waals surface area contributed by atoms with Gasteiger partial charge in [-0.3, -0.25) is 0 Å². The highest BCUT2D eigenvalue weighted by Gasteiger charge is 2.24. The fraction of sp³-hybridized carbons (Fsp3) is 0.500. The highest BCUT2D eigenvalue weighted by molar-refractivity contribution is 8.00. The average Bonchev–Trinajstić information content (AvgIpc) is 2.38. The molecule has 0 atom stereocenters. The third-order valence-electron chi connectivity index (χ3n) is 2.85. The van der Waals surface area contributed by atoms with Crippen molar-refractivity contribution < 1.29 is 8.42 Å². The van der Waals surface area contributed by atoms with Gasteiger partial charge in [0.05, 0.1) is 11.8 Å². The molecular formula is C14H21N3O2S2. The van der Waals surface area contributed by atoms with E-state index in [1.54, 1.807) is 6.07 Å². The van der Waals surface area contributed by atoms with Gasteiger partial charge in [-0.05, 0) is 32.0 Å². The maximum absolute atomic E-state index is 12.3. The first-order valence-electron chi connectivity index (χ1n) is 6.71. The summed E-state index contributed by atoms with van der Waals surface area (Å²) in [4.78, 5) is 0.957.